The third kappa shape index (κ3) is 3.63. The molecule has 1 amide bonds. The molecule has 4 rings (SSSR count). The van der Waals surface area contributed by atoms with E-state index < -0.39 is 17.7 Å². The first-order chi connectivity index (χ1) is 15.3. The summed E-state index contributed by atoms with van der Waals surface area (Å²) in [6.07, 6.45) is 1.58. The lowest BCUT2D eigenvalue weighted by molar-refractivity contribution is -0.132. The second kappa shape index (κ2) is 8.48. The van der Waals surface area contributed by atoms with E-state index >= 15 is 0 Å². The first kappa shape index (κ1) is 21.6. The highest BCUT2D eigenvalue weighted by molar-refractivity contribution is 6.51. The standard InChI is InChI=1S/C25H21ClN2O4/c1-14-12-15(2)24(32-3)18(13-14)22(29)20-21(19-6-4-5-11-27-19)28(25(31)23(20)30)17-9-7-16(26)8-10-17/h4-13,21,29H,1-3H3/b22-20+. The summed E-state index contributed by atoms with van der Waals surface area (Å²) in [6.45, 7) is 3.73. The average molecular weight is 449 g/mol. The number of aliphatic hydroxyl groups excluding tert-OH is 1. The summed E-state index contributed by atoms with van der Waals surface area (Å²) in [7, 11) is 1.50. The molecule has 3 aromatic rings. The zero-order valence-electron chi connectivity index (χ0n) is 17.8. The summed E-state index contributed by atoms with van der Waals surface area (Å²) in [5.74, 6) is -1.42. The zero-order valence-corrected chi connectivity index (χ0v) is 18.6. The molecule has 0 saturated carbocycles. The number of halogens is 1. The van der Waals surface area contributed by atoms with Gasteiger partial charge in [-0.15, -0.1) is 0 Å². The number of Topliss-reactive ketones (excluding diaryl/α,β-unsaturated/α-hetero) is 1. The Kier molecular flexibility index (Phi) is 5.72. The van der Waals surface area contributed by atoms with Crippen LogP contribution < -0.4 is 9.64 Å². The van der Waals surface area contributed by atoms with Crippen molar-refractivity contribution in [3.05, 3.63) is 93.8 Å². The lowest BCUT2D eigenvalue weighted by Gasteiger charge is -2.25. The third-order valence-electron chi connectivity index (χ3n) is 5.40. The summed E-state index contributed by atoms with van der Waals surface area (Å²) in [5.41, 5.74) is 2.90. The molecule has 0 radical (unpaired) electrons. The van der Waals surface area contributed by atoms with Crippen molar-refractivity contribution < 1.29 is 19.4 Å². The van der Waals surface area contributed by atoms with E-state index in [-0.39, 0.29) is 11.3 Å². The van der Waals surface area contributed by atoms with E-state index in [2.05, 4.69) is 4.98 Å². The van der Waals surface area contributed by atoms with Crippen LogP contribution in [-0.4, -0.2) is 28.9 Å². The number of ketones is 1. The zero-order chi connectivity index (χ0) is 23.0. The van der Waals surface area contributed by atoms with Crippen molar-refractivity contribution in [3.8, 4) is 5.75 Å². The number of aliphatic hydroxyl groups is 1. The van der Waals surface area contributed by atoms with Gasteiger partial charge in [-0.05, 0) is 67.4 Å². The van der Waals surface area contributed by atoms with Crippen LogP contribution in [0.2, 0.25) is 5.02 Å². The number of aryl methyl sites for hydroxylation is 2. The number of anilines is 1. The van der Waals surface area contributed by atoms with Crippen molar-refractivity contribution in [2.45, 2.75) is 19.9 Å². The lowest BCUT2D eigenvalue weighted by atomic mass is 9.95. The number of carbonyl (C=O) groups is 2. The Hall–Kier alpha value is -3.64. The smallest absolute Gasteiger partial charge is 0.300 e. The predicted octanol–water partition coefficient (Wildman–Crippen LogP) is 4.99. The van der Waals surface area contributed by atoms with E-state index in [1.165, 1.54) is 12.0 Å². The maximum Gasteiger partial charge on any atom is 0.300 e. The van der Waals surface area contributed by atoms with Gasteiger partial charge in [0.25, 0.3) is 11.7 Å². The van der Waals surface area contributed by atoms with Gasteiger partial charge in [0.1, 0.15) is 17.6 Å². The van der Waals surface area contributed by atoms with Crippen LogP contribution in [0.5, 0.6) is 5.75 Å². The average Bonchev–Trinajstić information content (AvgIpc) is 3.04. The highest BCUT2D eigenvalue weighted by atomic mass is 35.5. The monoisotopic (exact) mass is 448 g/mol. The Morgan fingerprint density at radius 2 is 1.81 bits per heavy atom. The number of benzene rings is 2. The second-order valence-corrected chi connectivity index (χ2v) is 8.00. The summed E-state index contributed by atoms with van der Waals surface area (Å²) in [6, 6.07) is 14.5. The molecular formula is C25H21ClN2O4. The van der Waals surface area contributed by atoms with E-state index in [0.717, 1.165) is 11.1 Å². The minimum Gasteiger partial charge on any atom is -0.507 e. The molecule has 6 nitrogen and oxygen atoms in total. The SMILES string of the molecule is COc1c(C)cc(C)cc1/C(O)=C1\C(=O)C(=O)N(c2ccc(Cl)cc2)C1c1ccccn1. The number of rotatable bonds is 4. The fourth-order valence-corrected chi connectivity index (χ4v) is 4.19. The van der Waals surface area contributed by atoms with Gasteiger partial charge in [0, 0.05) is 16.9 Å². The van der Waals surface area contributed by atoms with Crippen molar-refractivity contribution in [3.63, 3.8) is 0 Å². The van der Waals surface area contributed by atoms with E-state index in [9.17, 15) is 14.7 Å². The van der Waals surface area contributed by atoms with Gasteiger partial charge in [0.15, 0.2) is 0 Å². The molecule has 1 atom stereocenters. The molecule has 7 heteroatoms. The van der Waals surface area contributed by atoms with Gasteiger partial charge in [-0.1, -0.05) is 23.7 Å². The number of aromatic nitrogens is 1. The molecule has 1 N–H and O–H groups in total. The molecule has 1 fully saturated rings. The van der Waals surface area contributed by atoms with E-state index in [1.54, 1.807) is 54.7 Å². The normalized spacial score (nSPS) is 17.6. The molecule has 1 unspecified atom stereocenters. The molecule has 1 aliphatic rings. The molecule has 0 bridgehead atoms. The van der Waals surface area contributed by atoms with Gasteiger partial charge < -0.3 is 9.84 Å². The Morgan fingerprint density at radius 1 is 1.09 bits per heavy atom. The number of pyridine rings is 1. The van der Waals surface area contributed by atoms with E-state index in [4.69, 9.17) is 16.3 Å². The molecule has 2 heterocycles. The largest absolute Gasteiger partial charge is 0.507 e. The van der Waals surface area contributed by atoms with Crippen molar-refractivity contribution in [2.75, 3.05) is 12.0 Å². The molecule has 0 spiro atoms. The fourth-order valence-electron chi connectivity index (χ4n) is 4.06. The van der Waals surface area contributed by atoms with Gasteiger partial charge in [0.05, 0.1) is 23.9 Å². The van der Waals surface area contributed by atoms with Crippen LogP contribution in [0.1, 0.15) is 28.4 Å². The summed E-state index contributed by atoms with van der Waals surface area (Å²) >= 11 is 6.01. The van der Waals surface area contributed by atoms with E-state index in [0.29, 0.717) is 27.7 Å². The highest BCUT2D eigenvalue weighted by Gasteiger charge is 2.47. The molecule has 2 aromatic carbocycles. The van der Waals surface area contributed by atoms with Crippen LogP contribution in [0.3, 0.4) is 0 Å². The lowest BCUT2D eigenvalue weighted by Crippen LogP contribution is -2.29. The van der Waals surface area contributed by atoms with Crippen LogP contribution in [0.4, 0.5) is 5.69 Å². The first-order valence-corrected chi connectivity index (χ1v) is 10.3. The Morgan fingerprint density at radius 3 is 2.44 bits per heavy atom. The number of carbonyl (C=O) groups excluding carboxylic acids is 2. The highest BCUT2D eigenvalue weighted by Crippen LogP contribution is 2.43. The van der Waals surface area contributed by atoms with Gasteiger partial charge in [-0.25, -0.2) is 0 Å². The molecule has 0 aliphatic carbocycles. The molecule has 1 aromatic heterocycles. The summed E-state index contributed by atoms with van der Waals surface area (Å²) in [4.78, 5) is 32.1. The predicted molar refractivity (Wildman–Crippen MR) is 123 cm³/mol. The minimum absolute atomic E-state index is 0.0491. The maximum absolute atomic E-state index is 13.2. The number of methoxy groups -OCH3 is 1. The van der Waals surface area contributed by atoms with E-state index in [1.807, 2.05) is 19.9 Å². The maximum atomic E-state index is 13.2. The fraction of sp³-hybridized carbons (Fsp3) is 0.160. The number of amides is 1. The molecular weight excluding hydrogens is 428 g/mol. The second-order valence-electron chi connectivity index (χ2n) is 7.56. The van der Waals surface area contributed by atoms with Crippen molar-refractivity contribution in [1.82, 2.24) is 4.98 Å². The van der Waals surface area contributed by atoms with Crippen LogP contribution in [0.15, 0.2) is 66.4 Å². The van der Waals surface area contributed by atoms with Crippen LogP contribution in [0, 0.1) is 13.8 Å². The molecule has 32 heavy (non-hydrogen) atoms. The minimum atomic E-state index is -0.914. The first-order valence-electron chi connectivity index (χ1n) is 9.96. The third-order valence-corrected chi connectivity index (χ3v) is 5.65. The quantitative estimate of drug-likeness (QED) is 0.345. The van der Waals surface area contributed by atoms with Gasteiger partial charge >= 0.3 is 0 Å². The van der Waals surface area contributed by atoms with Crippen LogP contribution in [-0.2, 0) is 9.59 Å². The number of hydrogen-bond donors (Lipinski definition) is 1. The molecule has 1 saturated heterocycles. The van der Waals surface area contributed by atoms with Crippen molar-refractivity contribution in [1.29, 1.82) is 0 Å². The Balaban J connectivity index is 1.99. The Labute approximate surface area is 190 Å². The number of ether oxygens (including phenoxy) is 1. The molecule has 1 aliphatic heterocycles. The van der Waals surface area contributed by atoms with Gasteiger partial charge in [0.2, 0.25) is 0 Å². The van der Waals surface area contributed by atoms with Crippen LogP contribution >= 0.6 is 11.6 Å². The molecule has 162 valence electrons. The summed E-state index contributed by atoms with van der Waals surface area (Å²) < 4.78 is 5.51. The van der Waals surface area contributed by atoms with Crippen molar-refractivity contribution >= 4 is 34.7 Å². The van der Waals surface area contributed by atoms with Gasteiger partial charge in [-0.3, -0.25) is 19.5 Å². The summed E-state index contributed by atoms with van der Waals surface area (Å²) in [5, 5.41) is 11.9. The number of nitrogens with zero attached hydrogens (tertiary/aromatic N) is 2. The van der Waals surface area contributed by atoms with Crippen molar-refractivity contribution in [2.24, 2.45) is 0 Å². The number of hydrogen-bond acceptors (Lipinski definition) is 5. The topological polar surface area (TPSA) is 79.7 Å². The Bertz CT molecular complexity index is 1240. The van der Waals surface area contributed by atoms with Crippen LogP contribution in [0.25, 0.3) is 5.76 Å². The van der Waals surface area contributed by atoms with Gasteiger partial charge in [-0.2, -0.15) is 0 Å².